The van der Waals surface area contributed by atoms with Gasteiger partial charge >= 0.3 is 0 Å². The molecule has 1 unspecified atom stereocenters. The first-order chi connectivity index (χ1) is 11.2. The largest absolute Gasteiger partial charge is 0.385 e. The van der Waals surface area contributed by atoms with Crippen LogP contribution in [-0.2, 0) is 4.74 Å². The molecule has 140 valence electrons. The number of ether oxygens (including phenoxy) is 1. The predicted molar refractivity (Wildman–Crippen MR) is 109 cm³/mol. The van der Waals surface area contributed by atoms with Crippen LogP contribution in [0.1, 0.15) is 110 Å². The van der Waals surface area contributed by atoms with Gasteiger partial charge in [0.15, 0.2) is 0 Å². The van der Waals surface area contributed by atoms with E-state index < -0.39 is 8.80 Å². The average Bonchev–Trinajstić information content (AvgIpc) is 2.54. The molecule has 0 aromatic heterocycles. The summed E-state index contributed by atoms with van der Waals surface area (Å²) in [6.45, 7) is 7.10. The average molecular weight is 343 g/mol. The quantitative estimate of drug-likeness (QED) is 0.188. The van der Waals surface area contributed by atoms with E-state index in [0.29, 0.717) is 5.73 Å². The summed E-state index contributed by atoms with van der Waals surface area (Å²) in [6, 6.07) is 0. The highest BCUT2D eigenvalue weighted by Crippen LogP contribution is 2.15. The molecule has 0 heterocycles. The van der Waals surface area contributed by atoms with Gasteiger partial charge in [0.25, 0.3) is 0 Å². The molecule has 0 saturated carbocycles. The lowest BCUT2D eigenvalue weighted by molar-refractivity contribution is 0.151. The van der Waals surface area contributed by atoms with Crippen LogP contribution in [0.3, 0.4) is 0 Å². The minimum Gasteiger partial charge on any atom is -0.385 e. The van der Waals surface area contributed by atoms with Crippen molar-refractivity contribution < 1.29 is 4.74 Å². The summed E-state index contributed by atoms with van der Waals surface area (Å²) in [6.07, 6.45) is 23.0. The van der Waals surface area contributed by atoms with Gasteiger partial charge in [-0.2, -0.15) is 0 Å². The zero-order valence-electron chi connectivity index (χ0n) is 16.9. The Labute approximate surface area is 149 Å². The lowest BCUT2D eigenvalue weighted by Gasteiger charge is -2.17. The topological polar surface area (TPSA) is 9.23 Å². The molecule has 1 nitrogen and oxygen atoms in total. The van der Waals surface area contributed by atoms with Gasteiger partial charge < -0.3 is 4.74 Å². The van der Waals surface area contributed by atoms with Gasteiger partial charge in [0.05, 0.1) is 8.80 Å². The molecule has 0 bridgehead atoms. The van der Waals surface area contributed by atoms with Crippen LogP contribution < -0.4 is 0 Å². The van der Waals surface area contributed by atoms with Gasteiger partial charge in [-0.25, -0.2) is 0 Å². The molecule has 0 amide bonds. The van der Waals surface area contributed by atoms with E-state index in [1.165, 1.54) is 103 Å². The molecular formula is C21H46OSi. The van der Waals surface area contributed by atoms with E-state index in [9.17, 15) is 0 Å². The van der Waals surface area contributed by atoms with E-state index in [4.69, 9.17) is 4.74 Å². The van der Waals surface area contributed by atoms with E-state index >= 15 is 0 Å². The van der Waals surface area contributed by atoms with Gasteiger partial charge in [-0.15, -0.1) is 0 Å². The smallest absolute Gasteiger partial charge is 0.0655 e. The lowest BCUT2D eigenvalue weighted by atomic mass is 10.0. The summed E-state index contributed by atoms with van der Waals surface area (Å²) < 4.78 is 5.59. The first-order valence-electron chi connectivity index (χ1n) is 10.7. The van der Waals surface area contributed by atoms with Crippen molar-refractivity contribution in [1.82, 2.24) is 0 Å². The van der Waals surface area contributed by atoms with Crippen LogP contribution in [0.15, 0.2) is 0 Å². The molecule has 0 spiro atoms. The Balaban J connectivity index is 3.10. The van der Waals surface area contributed by atoms with Crippen LogP contribution >= 0.6 is 0 Å². The number of hydrogen-bond acceptors (Lipinski definition) is 1. The molecule has 0 N–H and O–H groups in total. The van der Waals surface area contributed by atoms with E-state index in [1.807, 2.05) is 7.11 Å². The molecule has 0 aliphatic carbocycles. The Morgan fingerprint density at radius 3 is 1.26 bits per heavy atom. The summed E-state index contributed by atoms with van der Waals surface area (Å²) in [4.78, 5) is 0. The first-order valence-corrected chi connectivity index (χ1v) is 13.7. The monoisotopic (exact) mass is 342 g/mol. The summed E-state index contributed by atoms with van der Waals surface area (Å²) >= 11 is 0. The summed E-state index contributed by atoms with van der Waals surface area (Å²) in [5.74, 6) is 0. The maximum atomic E-state index is 5.59. The van der Waals surface area contributed by atoms with Crippen molar-refractivity contribution in [2.45, 2.75) is 128 Å². The Bertz CT molecular complexity index is 218. The van der Waals surface area contributed by atoms with Crippen LogP contribution in [0.5, 0.6) is 0 Å². The van der Waals surface area contributed by atoms with Crippen molar-refractivity contribution in [1.29, 1.82) is 0 Å². The van der Waals surface area contributed by atoms with Crippen molar-refractivity contribution >= 4 is 8.80 Å². The van der Waals surface area contributed by atoms with E-state index in [-0.39, 0.29) is 0 Å². The Hall–Kier alpha value is 0.177. The van der Waals surface area contributed by atoms with Crippen molar-refractivity contribution in [3.63, 3.8) is 0 Å². The maximum absolute atomic E-state index is 5.59. The molecule has 0 aromatic rings. The van der Waals surface area contributed by atoms with Gasteiger partial charge in [-0.3, -0.25) is 0 Å². The van der Waals surface area contributed by atoms with Crippen LogP contribution in [0.4, 0.5) is 0 Å². The minimum atomic E-state index is -0.601. The summed E-state index contributed by atoms with van der Waals surface area (Å²) in [7, 11) is 1.29. The maximum Gasteiger partial charge on any atom is 0.0655 e. The fraction of sp³-hybridized carbons (Fsp3) is 1.00. The molecule has 1 atom stereocenters. The Kier molecular flexibility index (Phi) is 18.7. The highest BCUT2D eigenvalue weighted by atomic mass is 28.3. The SMILES string of the molecule is CCCCCCCCCCCCCCCCCC(OC)[SiH](C)C. The second-order valence-electron chi connectivity index (χ2n) is 7.76. The molecule has 0 saturated heterocycles. The highest BCUT2D eigenvalue weighted by Gasteiger charge is 2.12. The third kappa shape index (κ3) is 16.8. The normalized spacial score (nSPS) is 12.9. The molecule has 0 aromatic carbocycles. The molecule has 0 aliphatic heterocycles. The predicted octanol–water partition coefficient (Wildman–Crippen LogP) is 7.29. The Morgan fingerprint density at radius 1 is 0.609 bits per heavy atom. The van der Waals surface area contributed by atoms with Crippen LogP contribution in [0.2, 0.25) is 13.1 Å². The van der Waals surface area contributed by atoms with Crippen molar-refractivity contribution in [2.75, 3.05) is 7.11 Å². The Morgan fingerprint density at radius 2 is 0.957 bits per heavy atom. The van der Waals surface area contributed by atoms with Gasteiger partial charge in [0.2, 0.25) is 0 Å². The van der Waals surface area contributed by atoms with Gasteiger partial charge in [0.1, 0.15) is 0 Å². The molecule has 0 fully saturated rings. The zero-order valence-corrected chi connectivity index (χ0v) is 18.0. The number of methoxy groups -OCH3 is 1. The van der Waals surface area contributed by atoms with Crippen LogP contribution in [0.25, 0.3) is 0 Å². The molecule has 23 heavy (non-hydrogen) atoms. The molecular weight excluding hydrogens is 296 g/mol. The second-order valence-corrected chi connectivity index (χ2v) is 11.0. The van der Waals surface area contributed by atoms with E-state index in [1.54, 1.807) is 0 Å². The molecule has 0 radical (unpaired) electrons. The van der Waals surface area contributed by atoms with Crippen molar-refractivity contribution in [3.05, 3.63) is 0 Å². The van der Waals surface area contributed by atoms with E-state index in [0.717, 1.165) is 0 Å². The third-order valence-corrected chi connectivity index (χ3v) is 7.23. The van der Waals surface area contributed by atoms with Crippen LogP contribution in [-0.4, -0.2) is 21.6 Å². The lowest BCUT2D eigenvalue weighted by Crippen LogP contribution is -2.26. The number of hydrogen-bond donors (Lipinski definition) is 0. The fourth-order valence-electron chi connectivity index (χ4n) is 3.44. The minimum absolute atomic E-state index is 0.601. The standard InChI is InChI=1S/C21H46OSi/c1-5-6-7-8-9-10-11-12-13-14-15-16-17-18-19-20-21(22-2)23(3)4/h21,23H,5-20H2,1-4H3. The fourth-order valence-corrected chi connectivity index (χ4v) is 4.89. The molecule has 0 aliphatic rings. The van der Waals surface area contributed by atoms with E-state index in [2.05, 4.69) is 20.0 Å². The molecule has 0 rings (SSSR count). The van der Waals surface area contributed by atoms with Gasteiger partial charge in [0, 0.05) is 12.8 Å². The van der Waals surface area contributed by atoms with Gasteiger partial charge in [-0.05, 0) is 6.42 Å². The molecule has 2 heteroatoms. The highest BCUT2D eigenvalue weighted by molar-refractivity contribution is 6.57. The summed E-state index contributed by atoms with van der Waals surface area (Å²) in [5.41, 5.74) is 0.608. The number of unbranched alkanes of at least 4 members (excludes halogenated alkanes) is 14. The van der Waals surface area contributed by atoms with Crippen molar-refractivity contribution in [2.24, 2.45) is 0 Å². The van der Waals surface area contributed by atoms with Gasteiger partial charge in [-0.1, -0.05) is 116 Å². The third-order valence-electron chi connectivity index (χ3n) is 5.14. The zero-order chi connectivity index (χ0) is 17.2. The number of rotatable bonds is 18. The second kappa shape index (κ2) is 18.5. The van der Waals surface area contributed by atoms with Crippen molar-refractivity contribution in [3.8, 4) is 0 Å². The van der Waals surface area contributed by atoms with Crippen LogP contribution in [0, 0.1) is 0 Å². The first kappa shape index (κ1) is 23.2. The summed E-state index contributed by atoms with van der Waals surface area (Å²) in [5, 5.41) is 0.